The van der Waals surface area contributed by atoms with Crippen LogP contribution >= 0.6 is 0 Å². The lowest BCUT2D eigenvalue weighted by Gasteiger charge is -2.22. The van der Waals surface area contributed by atoms with Gasteiger partial charge in [-0.1, -0.05) is 0 Å². The molecule has 0 saturated heterocycles. The smallest absolute Gasteiger partial charge is 0.254 e. The lowest BCUT2D eigenvalue weighted by Crippen LogP contribution is -2.40. The molecule has 0 aromatic heterocycles. The van der Waals surface area contributed by atoms with Crippen LogP contribution < -0.4 is 10.5 Å². The predicted octanol–water partition coefficient (Wildman–Crippen LogP) is 1.22. The molecule has 6 heteroatoms. The van der Waals surface area contributed by atoms with Crippen LogP contribution in [-0.4, -0.2) is 55.4 Å². The Hall–Kier alpha value is -2.24. The summed E-state index contributed by atoms with van der Waals surface area (Å²) in [5, 5.41) is 0. The van der Waals surface area contributed by atoms with Crippen LogP contribution in [0.2, 0.25) is 0 Å². The number of nitrogen functional groups attached to an aromatic ring is 1. The van der Waals surface area contributed by atoms with Crippen LogP contribution in [0.3, 0.4) is 0 Å². The Balaban J connectivity index is 2.90. The Bertz CT molecular complexity index is 515. The molecule has 0 aliphatic carbocycles. The van der Waals surface area contributed by atoms with E-state index in [1.54, 1.807) is 32.3 Å². The van der Waals surface area contributed by atoms with Gasteiger partial charge in [-0.2, -0.15) is 0 Å². The lowest BCUT2D eigenvalue weighted by molar-refractivity contribution is -0.129. The standard InChI is InChI=1S/C15H23N3O3/c1-5-18(10-14(19)17(3)4)15(20)11-7-8-13(21-6-2)12(16)9-11/h7-9H,5-6,10,16H2,1-4H3. The van der Waals surface area contributed by atoms with Gasteiger partial charge in [-0.25, -0.2) is 0 Å². The van der Waals surface area contributed by atoms with Gasteiger partial charge in [-0.15, -0.1) is 0 Å². The molecule has 0 radical (unpaired) electrons. The molecule has 0 fully saturated rings. The first kappa shape index (κ1) is 16.8. The minimum atomic E-state index is -0.220. The van der Waals surface area contributed by atoms with E-state index in [-0.39, 0.29) is 18.4 Å². The number of nitrogens with zero attached hydrogens (tertiary/aromatic N) is 2. The molecule has 1 aromatic rings. The normalized spacial score (nSPS) is 10.1. The molecule has 0 saturated carbocycles. The van der Waals surface area contributed by atoms with Gasteiger partial charge in [0.25, 0.3) is 5.91 Å². The van der Waals surface area contributed by atoms with Gasteiger partial charge in [0.05, 0.1) is 18.8 Å². The Morgan fingerprint density at radius 1 is 1.24 bits per heavy atom. The quantitative estimate of drug-likeness (QED) is 0.800. The number of carbonyl (C=O) groups excluding carboxylic acids is 2. The Morgan fingerprint density at radius 2 is 1.90 bits per heavy atom. The van der Waals surface area contributed by atoms with Crippen LogP contribution in [0.4, 0.5) is 5.69 Å². The highest BCUT2D eigenvalue weighted by molar-refractivity contribution is 5.97. The van der Waals surface area contributed by atoms with Gasteiger partial charge in [0, 0.05) is 26.2 Å². The number of nitrogens with two attached hydrogens (primary N) is 1. The zero-order valence-corrected chi connectivity index (χ0v) is 13.0. The van der Waals surface area contributed by atoms with Crippen LogP contribution in [-0.2, 0) is 4.79 Å². The monoisotopic (exact) mass is 293 g/mol. The molecule has 1 aromatic carbocycles. The van der Waals surface area contributed by atoms with E-state index >= 15 is 0 Å². The van der Waals surface area contributed by atoms with Crippen LogP contribution in [0, 0.1) is 0 Å². The molecule has 116 valence electrons. The van der Waals surface area contributed by atoms with Crippen molar-refractivity contribution < 1.29 is 14.3 Å². The molecule has 0 bridgehead atoms. The molecule has 0 atom stereocenters. The SMILES string of the molecule is CCOc1ccc(C(=O)N(CC)CC(=O)N(C)C)cc1N. The third-order valence-corrected chi connectivity index (χ3v) is 3.05. The molecular weight excluding hydrogens is 270 g/mol. The van der Waals surface area contributed by atoms with Gasteiger partial charge in [0.1, 0.15) is 5.75 Å². The number of benzene rings is 1. The van der Waals surface area contributed by atoms with Crippen molar-refractivity contribution in [3.8, 4) is 5.75 Å². The maximum Gasteiger partial charge on any atom is 0.254 e. The van der Waals surface area contributed by atoms with Crippen molar-refractivity contribution in [1.29, 1.82) is 0 Å². The summed E-state index contributed by atoms with van der Waals surface area (Å²) < 4.78 is 5.34. The van der Waals surface area contributed by atoms with Crippen molar-refractivity contribution in [3.05, 3.63) is 23.8 Å². The highest BCUT2D eigenvalue weighted by Gasteiger charge is 2.19. The van der Waals surface area contributed by atoms with E-state index in [0.29, 0.717) is 30.2 Å². The Morgan fingerprint density at radius 3 is 2.38 bits per heavy atom. The van der Waals surface area contributed by atoms with Crippen molar-refractivity contribution in [2.45, 2.75) is 13.8 Å². The minimum absolute atomic E-state index is 0.0510. The van der Waals surface area contributed by atoms with Crippen molar-refractivity contribution in [2.75, 3.05) is 39.5 Å². The number of hydrogen-bond donors (Lipinski definition) is 1. The zero-order valence-electron chi connectivity index (χ0n) is 13.0. The number of amides is 2. The molecule has 2 amide bonds. The molecule has 0 spiro atoms. The number of rotatable bonds is 6. The summed E-state index contributed by atoms with van der Waals surface area (Å²) in [5.41, 5.74) is 6.73. The predicted molar refractivity (Wildman–Crippen MR) is 82.3 cm³/mol. The molecule has 0 heterocycles. The van der Waals surface area contributed by atoms with Gasteiger partial charge in [0.15, 0.2) is 0 Å². The lowest BCUT2D eigenvalue weighted by atomic mass is 10.1. The molecule has 0 aliphatic rings. The van der Waals surface area contributed by atoms with E-state index in [0.717, 1.165) is 0 Å². The minimum Gasteiger partial charge on any atom is -0.492 e. The first-order chi connectivity index (χ1) is 9.90. The van der Waals surface area contributed by atoms with Crippen molar-refractivity contribution in [2.24, 2.45) is 0 Å². The number of ether oxygens (including phenoxy) is 1. The van der Waals surface area contributed by atoms with E-state index < -0.39 is 0 Å². The molecular formula is C15H23N3O3. The molecule has 0 aliphatic heterocycles. The fraction of sp³-hybridized carbons (Fsp3) is 0.467. The van der Waals surface area contributed by atoms with Crippen LogP contribution in [0.5, 0.6) is 5.75 Å². The largest absolute Gasteiger partial charge is 0.492 e. The summed E-state index contributed by atoms with van der Waals surface area (Å²) in [4.78, 5) is 27.1. The Labute approximate surface area is 125 Å². The molecule has 2 N–H and O–H groups in total. The fourth-order valence-corrected chi connectivity index (χ4v) is 1.78. The van der Waals surface area contributed by atoms with E-state index in [4.69, 9.17) is 10.5 Å². The van der Waals surface area contributed by atoms with Crippen LogP contribution in [0.25, 0.3) is 0 Å². The van der Waals surface area contributed by atoms with Crippen LogP contribution in [0.15, 0.2) is 18.2 Å². The Kier molecular flexibility index (Phi) is 6.02. The number of anilines is 1. The molecule has 0 unspecified atom stereocenters. The molecule has 6 nitrogen and oxygen atoms in total. The van der Waals surface area contributed by atoms with Gasteiger partial charge >= 0.3 is 0 Å². The summed E-state index contributed by atoms with van der Waals surface area (Å²) >= 11 is 0. The van der Waals surface area contributed by atoms with Gasteiger partial charge in [-0.05, 0) is 32.0 Å². The first-order valence-corrected chi connectivity index (χ1v) is 6.92. The van der Waals surface area contributed by atoms with E-state index in [1.807, 2.05) is 13.8 Å². The summed E-state index contributed by atoms with van der Waals surface area (Å²) in [6.07, 6.45) is 0. The summed E-state index contributed by atoms with van der Waals surface area (Å²) in [6, 6.07) is 4.91. The van der Waals surface area contributed by atoms with Gasteiger partial charge in [-0.3, -0.25) is 9.59 Å². The highest BCUT2D eigenvalue weighted by atomic mass is 16.5. The zero-order chi connectivity index (χ0) is 16.0. The average molecular weight is 293 g/mol. The number of likely N-dealkylation sites (N-methyl/N-ethyl adjacent to an activating group) is 2. The fourth-order valence-electron chi connectivity index (χ4n) is 1.78. The van der Waals surface area contributed by atoms with Crippen molar-refractivity contribution >= 4 is 17.5 Å². The van der Waals surface area contributed by atoms with Crippen LogP contribution in [0.1, 0.15) is 24.2 Å². The third kappa shape index (κ3) is 4.37. The van der Waals surface area contributed by atoms with E-state index in [1.165, 1.54) is 9.80 Å². The van der Waals surface area contributed by atoms with E-state index in [9.17, 15) is 9.59 Å². The highest BCUT2D eigenvalue weighted by Crippen LogP contribution is 2.23. The third-order valence-electron chi connectivity index (χ3n) is 3.05. The second-order valence-electron chi connectivity index (χ2n) is 4.79. The second kappa shape index (κ2) is 7.52. The topological polar surface area (TPSA) is 75.9 Å². The van der Waals surface area contributed by atoms with Gasteiger partial charge in [0.2, 0.25) is 5.91 Å². The van der Waals surface area contributed by atoms with Gasteiger partial charge < -0.3 is 20.3 Å². The first-order valence-electron chi connectivity index (χ1n) is 6.92. The summed E-state index contributed by atoms with van der Waals surface area (Å²) in [5.74, 6) is 0.216. The summed E-state index contributed by atoms with van der Waals surface area (Å²) in [7, 11) is 3.32. The maximum atomic E-state index is 12.4. The molecule has 1 rings (SSSR count). The number of carbonyl (C=O) groups is 2. The second-order valence-corrected chi connectivity index (χ2v) is 4.79. The molecule has 21 heavy (non-hydrogen) atoms. The number of hydrogen-bond acceptors (Lipinski definition) is 4. The van der Waals surface area contributed by atoms with Crippen molar-refractivity contribution in [3.63, 3.8) is 0 Å². The summed E-state index contributed by atoms with van der Waals surface area (Å²) in [6.45, 7) is 4.71. The van der Waals surface area contributed by atoms with Crippen molar-refractivity contribution in [1.82, 2.24) is 9.80 Å². The van der Waals surface area contributed by atoms with E-state index in [2.05, 4.69) is 0 Å². The maximum absolute atomic E-state index is 12.4. The average Bonchev–Trinajstić information content (AvgIpc) is 2.45.